The maximum atomic E-state index is 13.0. The number of hydrogen-bond donors (Lipinski definition) is 4. The van der Waals surface area contributed by atoms with Gasteiger partial charge in [0, 0.05) is 30.8 Å². The van der Waals surface area contributed by atoms with E-state index in [0.717, 1.165) is 43.4 Å². The van der Waals surface area contributed by atoms with Crippen LogP contribution in [0.25, 0.3) is 0 Å². The minimum atomic E-state index is -4.80. The van der Waals surface area contributed by atoms with Crippen molar-refractivity contribution in [2.45, 2.75) is 71.7 Å². The van der Waals surface area contributed by atoms with Gasteiger partial charge in [0.15, 0.2) is 5.78 Å². The lowest BCUT2D eigenvalue weighted by Gasteiger charge is -2.39. The van der Waals surface area contributed by atoms with E-state index in [1.54, 1.807) is 12.1 Å². The standard InChI is InChI=1S/C31H40F3N3O5/c1-30(2,3)23-10-8-22(9-11-23)28(37-29(41)36-24-12-14-25(15-13-24)42-31(32,33)34)21-6-4-20(5-7-21)26(38)16-18-35-19-17-27(39)40/h4-7,12-15,22-23,28,35H,8-11,16-19H2,1-3H3,(H,39,40)(H2,36,37,41). The summed E-state index contributed by atoms with van der Waals surface area (Å²) < 4.78 is 41.3. The topological polar surface area (TPSA) is 117 Å². The fourth-order valence-electron chi connectivity index (χ4n) is 5.38. The molecule has 0 saturated heterocycles. The van der Waals surface area contributed by atoms with Crippen molar-refractivity contribution in [2.75, 3.05) is 18.4 Å². The average Bonchev–Trinajstić information content (AvgIpc) is 2.91. The predicted molar refractivity (Wildman–Crippen MR) is 153 cm³/mol. The number of carboxylic acid groups (broad SMARTS) is 1. The smallest absolute Gasteiger partial charge is 0.481 e. The highest BCUT2D eigenvalue weighted by Crippen LogP contribution is 2.43. The van der Waals surface area contributed by atoms with E-state index in [1.165, 1.54) is 12.1 Å². The first-order valence-electron chi connectivity index (χ1n) is 14.2. The highest BCUT2D eigenvalue weighted by atomic mass is 19.4. The largest absolute Gasteiger partial charge is 0.573 e. The third kappa shape index (κ3) is 10.7. The normalized spacial score (nSPS) is 18.1. The number of halogens is 3. The molecule has 11 heteroatoms. The minimum Gasteiger partial charge on any atom is -0.481 e. The second kappa shape index (κ2) is 14.5. The first-order chi connectivity index (χ1) is 19.7. The number of hydrogen-bond acceptors (Lipinski definition) is 5. The molecule has 0 aliphatic heterocycles. The van der Waals surface area contributed by atoms with Crippen LogP contribution in [-0.4, -0.2) is 42.3 Å². The summed E-state index contributed by atoms with van der Waals surface area (Å²) >= 11 is 0. The van der Waals surface area contributed by atoms with E-state index >= 15 is 0 Å². The zero-order chi connectivity index (χ0) is 30.9. The second-order valence-electron chi connectivity index (χ2n) is 11.8. The van der Waals surface area contributed by atoms with Gasteiger partial charge in [-0.3, -0.25) is 9.59 Å². The number of nitrogens with one attached hydrogen (secondary N) is 3. The Morgan fingerprint density at radius 3 is 2.05 bits per heavy atom. The van der Waals surface area contributed by atoms with Crippen molar-refractivity contribution >= 4 is 23.5 Å². The van der Waals surface area contributed by atoms with Gasteiger partial charge in [-0.1, -0.05) is 45.0 Å². The molecule has 3 rings (SSSR count). The molecule has 42 heavy (non-hydrogen) atoms. The monoisotopic (exact) mass is 591 g/mol. The maximum Gasteiger partial charge on any atom is 0.573 e. The summed E-state index contributed by atoms with van der Waals surface area (Å²) in [5.74, 6) is -0.619. The molecule has 8 nitrogen and oxygen atoms in total. The van der Waals surface area contributed by atoms with E-state index in [0.29, 0.717) is 30.3 Å². The van der Waals surface area contributed by atoms with Crippen LogP contribution in [-0.2, 0) is 4.79 Å². The van der Waals surface area contributed by atoms with E-state index in [9.17, 15) is 27.6 Å². The van der Waals surface area contributed by atoms with Crippen molar-refractivity contribution in [1.82, 2.24) is 10.6 Å². The van der Waals surface area contributed by atoms with Crippen LogP contribution in [0.15, 0.2) is 48.5 Å². The van der Waals surface area contributed by atoms with Crippen LogP contribution >= 0.6 is 0 Å². The van der Waals surface area contributed by atoms with Crippen LogP contribution in [0.5, 0.6) is 5.75 Å². The molecule has 1 saturated carbocycles. The van der Waals surface area contributed by atoms with E-state index in [2.05, 4.69) is 41.5 Å². The zero-order valence-corrected chi connectivity index (χ0v) is 24.2. The first kappa shape index (κ1) is 32.9. The predicted octanol–water partition coefficient (Wildman–Crippen LogP) is 6.94. The molecule has 0 radical (unpaired) electrons. The molecule has 1 fully saturated rings. The van der Waals surface area contributed by atoms with Crippen molar-refractivity contribution in [1.29, 1.82) is 0 Å². The van der Waals surface area contributed by atoms with Crippen molar-refractivity contribution in [3.05, 3.63) is 59.7 Å². The number of carboxylic acids is 1. The molecule has 1 atom stereocenters. The lowest BCUT2D eigenvalue weighted by Crippen LogP contribution is -2.38. The number of Topliss-reactive ketones (excluding diaryl/α,β-unsaturated/α-hetero) is 1. The minimum absolute atomic E-state index is 0.0136. The van der Waals surface area contributed by atoms with Gasteiger partial charge in [-0.2, -0.15) is 0 Å². The Morgan fingerprint density at radius 1 is 0.905 bits per heavy atom. The fourth-order valence-corrected chi connectivity index (χ4v) is 5.38. The molecular weight excluding hydrogens is 551 g/mol. The van der Waals surface area contributed by atoms with Gasteiger partial charge in [0.25, 0.3) is 0 Å². The molecule has 0 bridgehead atoms. The quantitative estimate of drug-likeness (QED) is 0.157. The van der Waals surface area contributed by atoms with Gasteiger partial charge in [0.1, 0.15) is 5.75 Å². The third-order valence-corrected chi connectivity index (χ3v) is 7.74. The summed E-state index contributed by atoms with van der Waals surface area (Å²) in [6.07, 6.45) is -0.699. The molecule has 1 aliphatic rings. The Hall–Kier alpha value is -3.60. The third-order valence-electron chi connectivity index (χ3n) is 7.74. The molecule has 0 heterocycles. The molecular formula is C31H40F3N3O5. The number of anilines is 1. The summed E-state index contributed by atoms with van der Waals surface area (Å²) in [6.45, 7) is 7.38. The van der Waals surface area contributed by atoms with Crippen molar-refractivity contribution < 1.29 is 37.4 Å². The molecule has 1 unspecified atom stereocenters. The molecule has 2 amide bonds. The molecule has 0 aromatic heterocycles. The van der Waals surface area contributed by atoms with Gasteiger partial charge in [-0.05, 0) is 72.8 Å². The maximum absolute atomic E-state index is 13.0. The lowest BCUT2D eigenvalue weighted by molar-refractivity contribution is -0.274. The SMILES string of the molecule is CC(C)(C)C1CCC(C(NC(=O)Nc2ccc(OC(F)(F)F)cc2)c2ccc(C(=O)CCNCCC(=O)O)cc2)CC1. The van der Waals surface area contributed by atoms with Gasteiger partial charge in [0.2, 0.25) is 0 Å². The van der Waals surface area contributed by atoms with Crippen LogP contribution in [0.1, 0.15) is 81.3 Å². The highest BCUT2D eigenvalue weighted by Gasteiger charge is 2.34. The van der Waals surface area contributed by atoms with Crippen LogP contribution in [0.2, 0.25) is 0 Å². The number of rotatable bonds is 12. The fraction of sp³-hybridized carbons (Fsp3) is 0.516. The summed E-state index contributed by atoms with van der Waals surface area (Å²) in [4.78, 5) is 36.3. The Morgan fingerprint density at radius 2 is 1.50 bits per heavy atom. The van der Waals surface area contributed by atoms with Crippen LogP contribution in [0.4, 0.5) is 23.7 Å². The van der Waals surface area contributed by atoms with E-state index in [1.807, 2.05) is 12.1 Å². The van der Waals surface area contributed by atoms with Gasteiger partial charge in [-0.25, -0.2) is 4.79 Å². The van der Waals surface area contributed by atoms with Gasteiger partial charge >= 0.3 is 18.4 Å². The summed E-state index contributed by atoms with van der Waals surface area (Å²) in [5.41, 5.74) is 1.89. The number of carbonyl (C=O) groups is 3. The summed E-state index contributed by atoms with van der Waals surface area (Å²) in [7, 11) is 0. The van der Waals surface area contributed by atoms with Crippen molar-refractivity contribution in [3.63, 3.8) is 0 Å². The van der Waals surface area contributed by atoms with E-state index < -0.39 is 18.4 Å². The number of alkyl halides is 3. The Kier molecular flexibility index (Phi) is 11.4. The number of ether oxygens (including phenoxy) is 1. The van der Waals surface area contributed by atoms with Crippen molar-refractivity contribution in [2.24, 2.45) is 17.3 Å². The number of carbonyl (C=O) groups excluding carboxylic acids is 2. The number of benzene rings is 2. The van der Waals surface area contributed by atoms with Gasteiger partial charge < -0.3 is 25.8 Å². The van der Waals surface area contributed by atoms with Gasteiger partial charge in [-0.15, -0.1) is 13.2 Å². The number of urea groups is 1. The number of ketones is 1. The molecule has 2 aromatic rings. The number of amides is 2. The Bertz CT molecular complexity index is 1190. The first-order valence-corrected chi connectivity index (χ1v) is 14.2. The molecule has 4 N–H and O–H groups in total. The lowest BCUT2D eigenvalue weighted by atomic mass is 9.68. The summed E-state index contributed by atoms with van der Waals surface area (Å²) in [6, 6.07) is 11.3. The summed E-state index contributed by atoms with van der Waals surface area (Å²) in [5, 5.41) is 17.4. The average molecular weight is 592 g/mol. The van der Waals surface area contributed by atoms with Gasteiger partial charge in [0.05, 0.1) is 12.5 Å². The molecule has 1 aliphatic carbocycles. The van der Waals surface area contributed by atoms with Crippen LogP contribution < -0.4 is 20.7 Å². The molecule has 0 spiro atoms. The Labute approximate surface area is 244 Å². The second-order valence-corrected chi connectivity index (χ2v) is 11.8. The zero-order valence-electron chi connectivity index (χ0n) is 24.2. The van der Waals surface area contributed by atoms with Crippen molar-refractivity contribution in [3.8, 4) is 5.75 Å². The van der Waals surface area contributed by atoms with Crippen LogP contribution in [0, 0.1) is 17.3 Å². The number of aliphatic carboxylic acids is 1. The Balaban J connectivity index is 1.68. The molecule has 230 valence electrons. The molecule has 2 aromatic carbocycles. The van der Waals surface area contributed by atoms with Crippen LogP contribution in [0.3, 0.4) is 0 Å². The highest BCUT2D eigenvalue weighted by molar-refractivity contribution is 5.96. The van der Waals surface area contributed by atoms with E-state index in [-0.39, 0.29) is 41.7 Å². The van der Waals surface area contributed by atoms with E-state index in [4.69, 9.17) is 5.11 Å².